The molecule has 0 saturated carbocycles. The lowest BCUT2D eigenvalue weighted by Crippen LogP contribution is -2.10. The van der Waals surface area contributed by atoms with Crippen LogP contribution in [0.5, 0.6) is 17.2 Å². The largest absolute Gasteiger partial charge is 0.508 e. The van der Waals surface area contributed by atoms with Gasteiger partial charge >= 0.3 is 0 Å². The lowest BCUT2D eigenvalue weighted by Gasteiger charge is -2.08. The Morgan fingerprint density at radius 2 is 1.78 bits per heavy atom. The number of phenols is 2. The normalized spacial score (nSPS) is 17.3. The molecule has 18 heavy (non-hydrogen) atoms. The van der Waals surface area contributed by atoms with E-state index in [-0.39, 0.29) is 28.6 Å². The average molecular weight is 242 g/mol. The van der Waals surface area contributed by atoms with Crippen molar-refractivity contribution in [2.45, 2.75) is 6.10 Å². The zero-order chi connectivity index (χ0) is 12.7. The number of phenolic OH excluding ortho intramolecular Hbond substituents is 2. The molecule has 2 aromatic carbocycles. The molecular formula is C14H10O4. The number of ketones is 1. The van der Waals surface area contributed by atoms with Crippen molar-refractivity contribution >= 4 is 5.78 Å². The quantitative estimate of drug-likeness (QED) is 0.805. The Labute approximate surface area is 103 Å². The van der Waals surface area contributed by atoms with Crippen molar-refractivity contribution in [1.29, 1.82) is 0 Å². The molecule has 0 aliphatic carbocycles. The summed E-state index contributed by atoms with van der Waals surface area (Å²) in [6.45, 7) is 0. The van der Waals surface area contributed by atoms with Crippen LogP contribution in [0.4, 0.5) is 0 Å². The third-order valence-corrected chi connectivity index (χ3v) is 2.90. The zero-order valence-corrected chi connectivity index (χ0v) is 9.33. The number of benzene rings is 2. The molecule has 1 aliphatic heterocycles. The van der Waals surface area contributed by atoms with Crippen LogP contribution in [-0.4, -0.2) is 16.0 Å². The van der Waals surface area contributed by atoms with Crippen molar-refractivity contribution in [2.75, 3.05) is 0 Å². The van der Waals surface area contributed by atoms with Gasteiger partial charge in [0.05, 0.1) is 0 Å². The maximum atomic E-state index is 12.2. The van der Waals surface area contributed by atoms with Gasteiger partial charge in [-0.2, -0.15) is 0 Å². The molecule has 0 aromatic heterocycles. The number of fused-ring (bicyclic) bond motifs is 1. The second kappa shape index (κ2) is 3.77. The van der Waals surface area contributed by atoms with Crippen LogP contribution in [0.25, 0.3) is 0 Å². The summed E-state index contributed by atoms with van der Waals surface area (Å²) in [5, 5.41) is 19.1. The number of ether oxygens (including phenoxy) is 1. The minimum atomic E-state index is -0.756. The third kappa shape index (κ3) is 1.50. The van der Waals surface area contributed by atoms with E-state index in [9.17, 15) is 15.0 Å². The van der Waals surface area contributed by atoms with Crippen molar-refractivity contribution in [1.82, 2.24) is 0 Å². The summed E-state index contributed by atoms with van der Waals surface area (Å²) in [5.74, 6) is -0.471. The highest BCUT2D eigenvalue weighted by Gasteiger charge is 2.36. The van der Waals surface area contributed by atoms with Crippen molar-refractivity contribution in [3.05, 3.63) is 53.6 Å². The molecule has 2 aromatic rings. The van der Waals surface area contributed by atoms with Gasteiger partial charge in [-0.15, -0.1) is 0 Å². The number of hydrogen-bond donors (Lipinski definition) is 2. The predicted octanol–water partition coefficient (Wildman–Crippen LogP) is 2.41. The molecule has 0 radical (unpaired) electrons. The Bertz CT molecular complexity index is 619. The fraction of sp³-hybridized carbons (Fsp3) is 0.0714. The van der Waals surface area contributed by atoms with Crippen LogP contribution in [-0.2, 0) is 0 Å². The standard InChI is InChI=1S/C14H10O4/c15-9-6-10(16)12-11(7-9)18-14(13(12)17)8-4-2-1-3-5-8/h1-7,14-16H. The topological polar surface area (TPSA) is 66.8 Å². The van der Waals surface area contributed by atoms with E-state index in [0.29, 0.717) is 0 Å². The molecule has 0 bridgehead atoms. The van der Waals surface area contributed by atoms with Gasteiger partial charge in [0, 0.05) is 17.7 Å². The van der Waals surface area contributed by atoms with Gasteiger partial charge in [0.15, 0.2) is 6.10 Å². The number of aromatic hydroxyl groups is 2. The number of carbonyl (C=O) groups is 1. The molecule has 4 heteroatoms. The fourth-order valence-electron chi connectivity index (χ4n) is 2.09. The van der Waals surface area contributed by atoms with E-state index in [0.717, 1.165) is 11.6 Å². The summed E-state index contributed by atoms with van der Waals surface area (Å²) >= 11 is 0. The van der Waals surface area contributed by atoms with Gasteiger partial charge in [0.1, 0.15) is 22.8 Å². The van der Waals surface area contributed by atoms with Gasteiger partial charge in [-0.1, -0.05) is 30.3 Å². The first-order valence-corrected chi connectivity index (χ1v) is 5.48. The third-order valence-electron chi connectivity index (χ3n) is 2.90. The molecule has 90 valence electrons. The van der Waals surface area contributed by atoms with Gasteiger partial charge in [-0.05, 0) is 0 Å². The van der Waals surface area contributed by atoms with Crippen LogP contribution in [0.1, 0.15) is 22.0 Å². The molecule has 0 fully saturated rings. The second-order valence-corrected chi connectivity index (χ2v) is 4.11. The van der Waals surface area contributed by atoms with Gasteiger partial charge < -0.3 is 14.9 Å². The van der Waals surface area contributed by atoms with Crippen molar-refractivity contribution in [3.8, 4) is 17.2 Å². The van der Waals surface area contributed by atoms with Crippen LogP contribution < -0.4 is 4.74 Å². The SMILES string of the molecule is O=C1c2c(O)cc(O)cc2OC1c1ccccc1. The van der Waals surface area contributed by atoms with Crippen molar-refractivity contribution in [2.24, 2.45) is 0 Å². The van der Waals surface area contributed by atoms with Crippen molar-refractivity contribution < 1.29 is 19.7 Å². The van der Waals surface area contributed by atoms with E-state index in [2.05, 4.69) is 0 Å². The van der Waals surface area contributed by atoms with Crippen LogP contribution in [0.15, 0.2) is 42.5 Å². The van der Waals surface area contributed by atoms with E-state index in [4.69, 9.17) is 4.74 Å². The Hall–Kier alpha value is -2.49. The van der Waals surface area contributed by atoms with Crippen LogP contribution in [0.2, 0.25) is 0 Å². The van der Waals surface area contributed by atoms with E-state index >= 15 is 0 Å². The summed E-state index contributed by atoms with van der Waals surface area (Å²) < 4.78 is 5.50. The number of rotatable bonds is 1. The minimum absolute atomic E-state index is 0.127. The highest BCUT2D eigenvalue weighted by atomic mass is 16.5. The molecule has 1 aliphatic rings. The maximum Gasteiger partial charge on any atom is 0.215 e. The first-order chi connectivity index (χ1) is 8.66. The molecule has 2 N–H and O–H groups in total. The summed E-state index contributed by atoms with van der Waals surface area (Å²) in [6, 6.07) is 11.5. The average Bonchev–Trinajstić information content (AvgIpc) is 2.67. The Morgan fingerprint density at radius 1 is 1.06 bits per heavy atom. The van der Waals surface area contributed by atoms with E-state index < -0.39 is 6.10 Å². The van der Waals surface area contributed by atoms with Crippen molar-refractivity contribution in [3.63, 3.8) is 0 Å². The number of carbonyl (C=O) groups excluding carboxylic acids is 1. The van der Waals surface area contributed by atoms with Crippen LogP contribution in [0, 0.1) is 0 Å². The first kappa shape index (κ1) is 10.7. The Kier molecular flexibility index (Phi) is 2.23. The highest BCUT2D eigenvalue weighted by Crippen LogP contribution is 2.43. The monoisotopic (exact) mass is 242 g/mol. The molecule has 1 atom stereocenters. The molecule has 3 rings (SSSR count). The lowest BCUT2D eigenvalue weighted by molar-refractivity contribution is 0.0856. The molecule has 0 spiro atoms. The first-order valence-electron chi connectivity index (χ1n) is 5.48. The van der Waals surface area contributed by atoms with E-state index in [1.54, 1.807) is 12.1 Å². The van der Waals surface area contributed by atoms with Crippen LogP contribution in [0.3, 0.4) is 0 Å². The summed E-state index contributed by atoms with van der Waals surface area (Å²) in [4.78, 5) is 12.2. The molecule has 0 amide bonds. The van der Waals surface area contributed by atoms with Gasteiger partial charge in [0.25, 0.3) is 0 Å². The molecule has 1 unspecified atom stereocenters. The summed E-state index contributed by atoms with van der Waals surface area (Å²) in [5.41, 5.74) is 0.847. The second-order valence-electron chi connectivity index (χ2n) is 4.11. The lowest BCUT2D eigenvalue weighted by atomic mass is 10.0. The fourth-order valence-corrected chi connectivity index (χ4v) is 2.09. The van der Waals surface area contributed by atoms with Crippen LogP contribution >= 0.6 is 0 Å². The summed E-state index contributed by atoms with van der Waals surface area (Å²) in [7, 11) is 0. The molecule has 1 heterocycles. The Morgan fingerprint density at radius 3 is 2.50 bits per heavy atom. The molecular weight excluding hydrogens is 232 g/mol. The zero-order valence-electron chi connectivity index (χ0n) is 9.33. The van der Waals surface area contributed by atoms with Gasteiger partial charge in [-0.25, -0.2) is 0 Å². The molecule has 4 nitrogen and oxygen atoms in total. The predicted molar refractivity (Wildman–Crippen MR) is 63.9 cm³/mol. The molecule has 0 saturated heterocycles. The number of hydrogen-bond acceptors (Lipinski definition) is 4. The van der Waals surface area contributed by atoms with Gasteiger partial charge in [0.2, 0.25) is 5.78 Å². The van der Waals surface area contributed by atoms with E-state index in [1.807, 2.05) is 18.2 Å². The maximum absolute atomic E-state index is 12.2. The highest BCUT2D eigenvalue weighted by molar-refractivity contribution is 6.07. The number of Topliss-reactive ketones (excluding diaryl/α,β-unsaturated/α-hetero) is 1. The van der Waals surface area contributed by atoms with E-state index in [1.165, 1.54) is 6.07 Å². The minimum Gasteiger partial charge on any atom is -0.508 e. The smallest absolute Gasteiger partial charge is 0.215 e. The Balaban J connectivity index is 2.07. The summed E-state index contributed by atoms with van der Waals surface area (Å²) in [6.07, 6.45) is -0.756. The van der Waals surface area contributed by atoms with Gasteiger partial charge in [-0.3, -0.25) is 4.79 Å².